The van der Waals surface area contributed by atoms with Crippen molar-refractivity contribution in [2.45, 2.75) is 144 Å². The van der Waals surface area contributed by atoms with Crippen LogP contribution in [0.1, 0.15) is 121 Å². The summed E-state index contributed by atoms with van der Waals surface area (Å²) < 4.78 is 11.1. The maximum atomic E-state index is 12.5. The van der Waals surface area contributed by atoms with E-state index in [1.165, 1.54) is 0 Å². The number of fused-ring (bicyclic) bond motifs is 4. The zero-order valence-electron chi connectivity index (χ0n) is 27.0. The Morgan fingerprint density at radius 3 is 1.19 bits per heavy atom. The lowest BCUT2D eigenvalue weighted by molar-refractivity contribution is -0.339. The van der Waals surface area contributed by atoms with Crippen molar-refractivity contribution in [2.75, 3.05) is 0 Å². The minimum atomic E-state index is -1.21. The SMILES string of the molecule is CC(C)(CCC(C)(C)OOC(=O)C(=O)OC1CC2CCC1(C)C2(C)C)OOC(=O)C(=O)OC1CC2CCC1(C)C2(C)C. The van der Waals surface area contributed by atoms with Crippen molar-refractivity contribution < 1.29 is 48.2 Å². The molecule has 0 N–H and O–H groups in total. The molecule has 4 bridgehead atoms. The lowest BCUT2D eigenvalue weighted by atomic mass is 9.70. The van der Waals surface area contributed by atoms with Crippen LogP contribution in [0.4, 0.5) is 0 Å². The number of hydrogen-bond donors (Lipinski definition) is 0. The van der Waals surface area contributed by atoms with Gasteiger partial charge < -0.3 is 9.47 Å². The largest absolute Gasteiger partial charge is 0.453 e. The van der Waals surface area contributed by atoms with E-state index in [2.05, 4.69) is 41.5 Å². The molecule has 6 atom stereocenters. The summed E-state index contributed by atoms with van der Waals surface area (Å²) in [5.41, 5.74) is -2.27. The fourth-order valence-corrected chi connectivity index (χ4v) is 8.03. The van der Waals surface area contributed by atoms with Crippen LogP contribution >= 0.6 is 0 Å². The predicted molar refractivity (Wildman–Crippen MR) is 150 cm³/mol. The van der Waals surface area contributed by atoms with E-state index in [9.17, 15) is 19.2 Å². The molecule has 4 aliphatic rings. The van der Waals surface area contributed by atoms with Gasteiger partial charge in [-0.05, 0) is 102 Å². The van der Waals surface area contributed by atoms with Gasteiger partial charge in [-0.25, -0.2) is 19.2 Å². The van der Waals surface area contributed by atoms with Crippen molar-refractivity contribution in [2.24, 2.45) is 33.5 Å². The number of hydrogen-bond acceptors (Lipinski definition) is 10. The van der Waals surface area contributed by atoms with E-state index in [1.807, 2.05) is 0 Å². The first-order valence-corrected chi connectivity index (χ1v) is 15.4. The molecule has 4 aliphatic carbocycles. The summed E-state index contributed by atoms with van der Waals surface area (Å²) in [7, 11) is 0. The highest BCUT2D eigenvalue weighted by molar-refractivity contribution is 6.29. The molecule has 6 unspecified atom stereocenters. The molecule has 0 saturated heterocycles. The number of rotatable bonds is 9. The van der Waals surface area contributed by atoms with Crippen molar-refractivity contribution in [3.8, 4) is 0 Å². The highest BCUT2D eigenvalue weighted by Gasteiger charge is 2.64. The Hall–Kier alpha value is -2.20. The third-order valence-electron chi connectivity index (χ3n) is 12.3. The standard InChI is InChI=1S/C32H50O10/c1-27(2,41-39-25(35)23(33)37-21-17-19-11-13-31(21,9)29(19,5)6)15-16-28(3,4)42-40-26(36)24(34)38-22-18-20-12-14-32(22,10)30(20,7)8/h19-22H,11-18H2,1-10H3. The predicted octanol–water partition coefficient (Wildman–Crippen LogP) is 5.79. The van der Waals surface area contributed by atoms with Crippen LogP contribution in [-0.4, -0.2) is 47.3 Å². The van der Waals surface area contributed by atoms with E-state index in [0.717, 1.165) is 38.5 Å². The highest BCUT2D eigenvalue weighted by atomic mass is 17.2. The van der Waals surface area contributed by atoms with Crippen molar-refractivity contribution in [1.29, 1.82) is 0 Å². The Labute approximate surface area is 249 Å². The average Bonchev–Trinajstić information content (AvgIpc) is 3.41. The summed E-state index contributed by atoms with van der Waals surface area (Å²) in [6, 6.07) is 0. The van der Waals surface area contributed by atoms with Crippen LogP contribution in [0, 0.1) is 33.5 Å². The van der Waals surface area contributed by atoms with Gasteiger partial charge in [0.05, 0.1) is 0 Å². The van der Waals surface area contributed by atoms with Crippen LogP contribution in [-0.2, 0) is 48.2 Å². The molecule has 4 rings (SSSR count). The summed E-state index contributed by atoms with van der Waals surface area (Å²) in [6.45, 7) is 19.7. The first-order chi connectivity index (χ1) is 19.2. The second kappa shape index (κ2) is 10.8. The quantitative estimate of drug-likeness (QED) is 0.140. The van der Waals surface area contributed by atoms with E-state index < -0.39 is 35.1 Å². The molecule has 42 heavy (non-hydrogen) atoms. The van der Waals surface area contributed by atoms with Gasteiger partial charge in [-0.1, -0.05) is 41.5 Å². The molecule has 0 heterocycles. The molecule has 4 fully saturated rings. The highest BCUT2D eigenvalue weighted by Crippen LogP contribution is 2.67. The summed E-state index contributed by atoms with van der Waals surface area (Å²) in [5, 5.41) is 0. The average molecular weight is 595 g/mol. The summed E-state index contributed by atoms with van der Waals surface area (Å²) in [6.07, 6.45) is 5.53. The summed E-state index contributed by atoms with van der Waals surface area (Å²) in [5.74, 6) is -3.62. The second-order valence-corrected chi connectivity index (χ2v) is 15.9. The lowest BCUT2D eigenvalue weighted by Gasteiger charge is -2.38. The Balaban J connectivity index is 1.17. The second-order valence-electron chi connectivity index (χ2n) is 15.9. The molecular weight excluding hydrogens is 544 g/mol. The molecule has 4 saturated carbocycles. The van der Waals surface area contributed by atoms with E-state index >= 15 is 0 Å². The van der Waals surface area contributed by atoms with E-state index in [-0.39, 0.29) is 33.9 Å². The van der Waals surface area contributed by atoms with Crippen molar-refractivity contribution in [3.63, 3.8) is 0 Å². The maximum Gasteiger partial charge on any atom is 0.449 e. The monoisotopic (exact) mass is 594 g/mol. The van der Waals surface area contributed by atoms with Gasteiger partial charge in [-0.2, -0.15) is 9.78 Å². The zero-order valence-corrected chi connectivity index (χ0v) is 27.0. The van der Waals surface area contributed by atoms with E-state index in [4.69, 9.17) is 29.0 Å². The molecule has 0 aromatic rings. The third-order valence-corrected chi connectivity index (χ3v) is 12.3. The van der Waals surface area contributed by atoms with Crippen molar-refractivity contribution in [3.05, 3.63) is 0 Å². The first-order valence-electron chi connectivity index (χ1n) is 15.4. The van der Waals surface area contributed by atoms with Crippen LogP contribution in [0.25, 0.3) is 0 Å². The van der Waals surface area contributed by atoms with Crippen molar-refractivity contribution in [1.82, 2.24) is 0 Å². The summed E-state index contributed by atoms with van der Waals surface area (Å²) >= 11 is 0. The van der Waals surface area contributed by atoms with Gasteiger partial charge in [-0.15, -0.1) is 0 Å². The smallest absolute Gasteiger partial charge is 0.449 e. The number of ether oxygens (including phenoxy) is 2. The number of carbonyl (C=O) groups excluding carboxylic acids is 4. The minimum Gasteiger partial charge on any atom is -0.453 e. The Bertz CT molecular complexity index is 1020. The van der Waals surface area contributed by atoms with Crippen LogP contribution in [0.3, 0.4) is 0 Å². The van der Waals surface area contributed by atoms with Crippen molar-refractivity contribution >= 4 is 23.9 Å². The Morgan fingerprint density at radius 2 is 0.929 bits per heavy atom. The molecular formula is C32H50O10. The molecule has 10 nitrogen and oxygen atoms in total. The van der Waals surface area contributed by atoms with Gasteiger partial charge in [0.1, 0.15) is 23.4 Å². The van der Waals surface area contributed by atoms with Crippen LogP contribution < -0.4 is 0 Å². The van der Waals surface area contributed by atoms with Crippen LogP contribution in [0.15, 0.2) is 0 Å². The van der Waals surface area contributed by atoms with Gasteiger partial charge >= 0.3 is 23.9 Å². The molecule has 0 radical (unpaired) electrons. The molecule has 238 valence electrons. The van der Waals surface area contributed by atoms with Gasteiger partial charge in [-0.3, -0.25) is 9.78 Å². The molecule has 0 aromatic heterocycles. The van der Waals surface area contributed by atoms with Gasteiger partial charge in [0.2, 0.25) is 0 Å². The molecule has 0 spiro atoms. The van der Waals surface area contributed by atoms with E-state index in [0.29, 0.717) is 24.7 Å². The third kappa shape index (κ3) is 5.70. The lowest BCUT2D eigenvalue weighted by Crippen LogP contribution is -2.40. The fraction of sp³-hybridized carbons (Fsp3) is 0.875. The first kappa shape index (κ1) is 32.7. The maximum absolute atomic E-state index is 12.5. The Kier molecular flexibility index (Phi) is 8.37. The Morgan fingerprint density at radius 1 is 0.595 bits per heavy atom. The van der Waals surface area contributed by atoms with Gasteiger partial charge in [0.15, 0.2) is 0 Å². The zero-order chi connectivity index (χ0) is 31.5. The molecule has 0 aromatic carbocycles. The minimum absolute atomic E-state index is 0.0367. The van der Waals surface area contributed by atoms with Gasteiger partial charge in [0.25, 0.3) is 0 Å². The van der Waals surface area contributed by atoms with Crippen LogP contribution in [0.2, 0.25) is 0 Å². The normalized spacial score (nSPS) is 34.2. The van der Waals surface area contributed by atoms with Crippen LogP contribution in [0.5, 0.6) is 0 Å². The number of esters is 2. The molecule has 0 amide bonds. The molecule has 0 aliphatic heterocycles. The number of carbonyl (C=O) groups is 4. The topological polar surface area (TPSA) is 124 Å². The van der Waals surface area contributed by atoms with E-state index in [1.54, 1.807) is 27.7 Å². The van der Waals surface area contributed by atoms with Gasteiger partial charge in [0, 0.05) is 10.8 Å². The fourth-order valence-electron chi connectivity index (χ4n) is 8.03. The molecule has 10 heteroatoms. The summed E-state index contributed by atoms with van der Waals surface area (Å²) in [4.78, 5) is 70.0.